The summed E-state index contributed by atoms with van der Waals surface area (Å²) in [5, 5.41) is 0. The normalized spacial score (nSPS) is 15.0. The van der Waals surface area contributed by atoms with E-state index in [4.69, 9.17) is 4.74 Å². The Labute approximate surface area is 147 Å². The standard InChI is InChI=1S/C19H21N3O3/c23-14-17-3-1-2-4-18(17)25-15-19(24)22-11-9-21(10-12-22)13-16-5-7-20-8-6-16/h1-8,14H,9-13,15H2. The smallest absolute Gasteiger partial charge is 0.260 e. The molecule has 1 aromatic carbocycles. The van der Waals surface area contributed by atoms with Crippen molar-refractivity contribution in [2.45, 2.75) is 6.54 Å². The van der Waals surface area contributed by atoms with Gasteiger partial charge in [-0.3, -0.25) is 19.5 Å². The van der Waals surface area contributed by atoms with Crippen LogP contribution in [-0.4, -0.2) is 59.8 Å². The third-order valence-electron chi connectivity index (χ3n) is 4.28. The number of amides is 1. The fourth-order valence-corrected chi connectivity index (χ4v) is 2.84. The van der Waals surface area contributed by atoms with Gasteiger partial charge in [0.15, 0.2) is 12.9 Å². The molecule has 0 unspecified atom stereocenters. The zero-order valence-corrected chi connectivity index (χ0v) is 14.0. The monoisotopic (exact) mass is 339 g/mol. The third-order valence-corrected chi connectivity index (χ3v) is 4.28. The molecule has 0 N–H and O–H groups in total. The molecule has 130 valence electrons. The van der Waals surface area contributed by atoms with Gasteiger partial charge >= 0.3 is 0 Å². The molecule has 0 saturated carbocycles. The average Bonchev–Trinajstić information content (AvgIpc) is 2.67. The average molecular weight is 339 g/mol. The fraction of sp³-hybridized carbons (Fsp3) is 0.316. The van der Waals surface area contributed by atoms with Crippen LogP contribution in [0.25, 0.3) is 0 Å². The molecule has 6 nitrogen and oxygen atoms in total. The number of rotatable bonds is 6. The molecule has 0 bridgehead atoms. The number of hydrogen-bond acceptors (Lipinski definition) is 5. The Kier molecular flexibility index (Phi) is 5.74. The number of carbonyl (C=O) groups excluding carboxylic acids is 2. The largest absolute Gasteiger partial charge is 0.483 e. The second-order valence-corrected chi connectivity index (χ2v) is 5.96. The van der Waals surface area contributed by atoms with E-state index in [-0.39, 0.29) is 12.5 Å². The van der Waals surface area contributed by atoms with Crippen molar-refractivity contribution in [3.05, 3.63) is 59.9 Å². The molecule has 1 amide bonds. The molecule has 0 atom stereocenters. The van der Waals surface area contributed by atoms with Crippen LogP contribution in [0.4, 0.5) is 0 Å². The quantitative estimate of drug-likeness (QED) is 0.749. The highest BCUT2D eigenvalue weighted by molar-refractivity contribution is 5.80. The van der Waals surface area contributed by atoms with Gasteiger partial charge in [-0.05, 0) is 29.8 Å². The highest BCUT2D eigenvalue weighted by atomic mass is 16.5. The van der Waals surface area contributed by atoms with Crippen molar-refractivity contribution in [1.29, 1.82) is 0 Å². The highest BCUT2D eigenvalue weighted by Crippen LogP contribution is 2.16. The number of hydrogen-bond donors (Lipinski definition) is 0. The first-order valence-electron chi connectivity index (χ1n) is 8.32. The van der Waals surface area contributed by atoms with Crippen molar-refractivity contribution < 1.29 is 14.3 Å². The molecule has 1 fully saturated rings. The highest BCUT2D eigenvalue weighted by Gasteiger charge is 2.21. The minimum absolute atomic E-state index is 0.0464. The summed E-state index contributed by atoms with van der Waals surface area (Å²) in [6.45, 7) is 3.85. The summed E-state index contributed by atoms with van der Waals surface area (Å²) in [5.74, 6) is 0.395. The predicted molar refractivity (Wildman–Crippen MR) is 93.4 cm³/mol. The molecule has 25 heavy (non-hydrogen) atoms. The Balaban J connectivity index is 1.46. The number of ether oxygens (including phenoxy) is 1. The van der Waals surface area contributed by atoms with Crippen LogP contribution >= 0.6 is 0 Å². The van der Waals surface area contributed by atoms with Crippen molar-refractivity contribution in [3.63, 3.8) is 0 Å². The SMILES string of the molecule is O=Cc1ccccc1OCC(=O)N1CCN(Cc2ccncc2)CC1. The lowest BCUT2D eigenvalue weighted by atomic mass is 10.2. The van der Waals surface area contributed by atoms with Crippen LogP contribution in [-0.2, 0) is 11.3 Å². The Hall–Kier alpha value is -2.73. The molecule has 2 aromatic rings. The molecule has 1 aliphatic rings. The minimum atomic E-state index is -0.0516. The minimum Gasteiger partial charge on any atom is -0.483 e. The first-order valence-corrected chi connectivity index (χ1v) is 8.32. The number of nitrogens with zero attached hydrogens (tertiary/aromatic N) is 3. The van der Waals surface area contributed by atoms with Crippen molar-refractivity contribution >= 4 is 12.2 Å². The summed E-state index contributed by atoms with van der Waals surface area (Å²) in [5.41, 5.74) is 1.68. The number of piperazine rings is 1. The van der Waals surface area contributed by atoms with Gasteiger partial charge in [0, 0.05) is 45.1 Å². The Morgan fingerprint density at radius 1 is 1.08 bits per heavy atom. The first-order chi connectivity index (χ1) is 12.3. The first kappa shape index (κ1) is 17.1. The van der Waals surface area contributed by atoms with Gasteiger partial charge in [-0.2, -0.15) is 0 Å². The summed E-state index contributed by atoms with van der Waals surface area (Å²) in [7, 11) is 0. The van der Waals surface area contributed by atoms with E-state index < -0.39 is 0 Å². The maximum Gasteiger partial charge on any atom is 0.260 e. The molecule has 3 rings (SSSR count). The second kappa shape index (κ2) is 8.39. The number of carbonyl (C=O) groups is 2. The zero-order chi connectivity index (χ0) is 17.5. The number of aldehydes is 1. The van der Waals surface area contributed by atoms with E-state index in [2.05, 4.69) is 9.88 Å². The van der Waals surface area contributed by atoms with Gasteiger partial charge in [0.05, 0.1) is 5.56 Å². The zero-order valence-electron chi connectivity index (χ0n) is 14.0. The van der Waals surface area contributed by atoms with Gasteiger partial charge in [-0.15, -0.1) is 0 Å². The summed E-state index contributed by atoms with van der Waals surface area (Å²) in [6, 6.07) is 10.9. The van der Waals surface area contributed by atoms with Crippen LogP contribution in [0.1, 0.15) is 15.9 Å². The molecule has 0 radical (unpaired) electrons. The molecular weight excluding hydrogens is 318 g/mol. The van der Waals surface area contributed by atoms with E-state index in [0.717, 1.165) is 25.9 Å². The van der Waals surface area contributed by atoms with Gasteiger partial charge < -0.3 is 9.64 Å². The maximum absolute atomic E-state index is 12.3. The van der Waals surface area contributed by atoms with Gasteiger partial charge in [0.1, 0.15) is 5.75 Å². The summed E-state index contributed by atoms with van der Waals surface area (Å²) in [6.07, 6.45) is 4.32. The second-order valence-electron chi connectivity index (χ2n) is 5.96. The van der Waals surface area contributed by atoms with E-state index in [1.54, 1.807) is 36.7 Å². The van der Waals surface area contributed by atoms with E-state index in [1.165, 1.54) is 5.56 Å². The number of benzene rings is 1. The van der Waals surface area contributed by atoms with Crippen molar-refractivity contribution in [3.8, 4) is 5.75 Å². The fourth-order valence-electron chi connectivity index (χ4n) is 2.84. The van der Waals surface area contributed by atoms with Crippen molar-refractivity contribution in [1.82, 2.24) is 14.8 Å². The lowest BCUT2D eigenvalue weighted by Gasteiger charge is -2.34. The summed E-state index contributed by atoms with van der Waals surface area (Å²) in [4.78, 5) is 31.5. The topological polar surface area (TPSA) is 62.7 Å². The van der Waals surface area contributed by atoms with Crippen LogP contribution in [0.3, 0.4) is 0 Å². The molecule has 2 heterocycles. The van der Waals surface area contributed by atoms with Gasteiger partial charge in [-0.1, -0.05) is 12.1 Å². The van der Waals surface area contributed by atoms with Crippen LogP contribution in [0.15, 0.2) is 48.8 Å². The van der Waals surface area contributed by atoms with E-state index >= 15 is 0 Å². The summed E-state index contributed by atoms with van der Waals surface area (Å²) >= 11 is 0. The Bertz CT molecular complexity index is 713. The Morgan fingerprint density at radius 2 is 1.80 bits per heavy atom. The molecule has 0 spiro atoms. The lowest BCUT2D eigenvalue weighted by Crippen LogP contribution is -2.49. The summed E-state index contributed by atoms with van der Waals surface area (Å²) < 4.78 is 5.52. The van der Waals surface area contributed by atoms with E-state index in [0.29, 0.717) is 24.4 Å². The van der Waals surface area contributed by atoms with E-state index in [1.807, 2.05) is 17.0 Å². The molecule has 6 heteroatoms. The predicted octanol–water partition coefficient (Wildman–Crippen LogP) is 1.62. The van der Waals surface area contributed by atoms with Crippen molar-refractivity contribution in [2.75, 3.05) is 32.8 Å². The van der Waals surface area contributed by atoms with Gasteiger partial charge in [0.25, 0.3) is 5.91 Å². The molecular formula is C19H21N3O3. The Morgan fingerprint density at radius 3 is 2.52 bits per heavy atom. The maximum atomic E-state index is 12.3. The van der Waals surface area contributed by atoms with Crippen LogP contribution in [0.2, 0.25) is 0 Å². The van der Waals surface area contributed by atoms with Gasteiger partial charge in [-0.25, -0.2) is 0 Å². The molecule has 1 saturated heterocycles. The van der Waals surface area contributed by atoms with Crippen molar-refractivity contribution in [2.24, 2.45) is 0 Å². The van der Waals surface area contributed by atoms with E-state index in [9.17, 15) is 9.59 Å². The molecule has 1 aromatic heterocycles. The number of pyridine rings is 1. The molecule has 1 aliphatic heterocycles. The third kappa shape index (κ3) is 4.64. The number of aromatic nitrogens is 1. The number of para-hydroxylation sites is 1. The molecule has 0 aliphatic carbocycles. The van der Waals surface area contributed by atoms with Crippen LogP contribution in [0.5, 0.6) is 5.75 Å². The van der Waals surface area contributed by atoms with Gasteiger partial charge in [0.2, 0.25) is 0 Å². The lowest BCUT2D eigenvalue weighted by molar-refractivity contribution is -0.135. The van der Waals surface area contributed by atoms with Crippen LogP contribution in [0, 0.1) is 0 Å². The van der Waals surface area contributed by atoms with Crippen LogP contribution < -0.4 is 4.74 Å².